The molecule has 1 atom stereocenters. The third-order valence-electron chi connectivity index (χ3n) is 6.24. The van der Waals surface area contributed by atoms with Gasteiger partial charge in [0.2, 0.25) is 11.5 Å². The number of hydrogen-bond donors (Lipinski definition) is 1. The Morgan fingerprint density at radius 2 is 1.88 bits per heavy atom. The summed E-state index contributed by atoms with van der Waals surface area (Å²) in [4.78, 5) is 15.4. The molecule has 0 aromatic heterocycles. The molecule has 1 fully saturated rings. The molecule has 0 aliphatic carbocycles. The molecule has 32 heavy (non-hydrogen) atoms. The normalized spacial score (nSPS) is 19.6. The first-order valence-electron chi connectivity index (χ1n) is 10.8. The second-order valence-electron chi connectivity index (χ2n) is 8.12. The summed E-state index contributed by atoms with van der Waals surface area (Å²) in [7, 11) is 4.61. The van der Waals surface area contributed by atoms with Gasteiger partial charge < -0.3 is 24.1 Å². The van der Waals surface area contributed by atoms with Crippen molar-refractivity contribution in [1.29, 1.82) is 0 Å². The minimum Gasteiger partial charge on any atom is -0.507 e. The highest BCUT2D eigenvalue weighted by atomic mass is 16.5. The van der Waals surface area contributed by atoms with Crippen molar-refractivity contribution in [3.05, 3.63) is 46.7 Å². The van der Waals surface area contributed by atoms with Gasteiger partial charge in [-0.1, -0.05) is 6.42 Å². The molecule has 0 radical (unpaired) electrons. The van der Waals surface area contributed by atoms with Crippen LogP contribution in [0.25, 0.3) is 6.08 Å². The summed E-state index contributed by atoms with van der Waals surface area (Å²) in [6.45, 7) is 3.69. The molecule has 2 aliphatic rings. The van der Waals surface area contributed by atoms with Gasteiger partial charge in [0.25, 0.3) is 0 Å². The molecule has 0 unspecified atom stereocenters. The summed E-state index contributed by atoms with van der Waals surface area (Å²) >= 11 is 0. The Labute approximate surface area is 188 Å². The summed E-state index contributed by atoms with van der Waals surface area (Å²) in [5, 5.41) is 10.6. The number of likely N-dealkylation sites (tertiary alicyclic amines) is 1. The number of piperidine rings is 1. The van der Waals surface area contributed by atoms with E-state index < -0.39 is 0 Å². The van der Waals surface area contributed by atoms with Gasteiger partial charge in [0.1, 0.15) is 11.5 Å². The van der Waals surface area contributed by atoms with Crippen LogP contribution >= 0.6 is 0 Å². The first-order chi connectivity index (χ1) is 15.5. The van der Waals surface area contributed by atoms with Crippen molar-refractivity contribution in [3.8, 4) is 28.7 Å². The number of methoxy groups -OCH3 is 3. The molecule has 1 saturated heterocycles. The molecule has 7 nitrogen and oxygen atoms in total. The van der Waals surface area contributed by atoms with E-state index >= 15 is 0 Å². The lowest BCUT2D eigenvalue weighted by molar-refractivity contribution is 0.101. The van der Waals surface area contributed by atoms with Crippen molar-refractivity contribution in [2.75, 3.05) is 27.9 Å². The van der Waals surface area contributed by atoms with E-state index in [4.69, 9.17) is 18.9 Å². The van der Waals surface area contributed by atoms with Gasteiger partial charge >= 0.3 is 0 Å². The number of Topliss-reactive ketones (excluding diaryl/α,β-unsaturated/α-hetero) is 1. The fraction of sp³-hybridized carbons (Fsp3) is 0.400. The second kappa shape index (κ2) is 9.12. The first kappa shape index (κ1) is 22.0. The molecule has 2 aromatic carbocycles. The fourth-order valence-corrected chi connectivity index (χ4v) is 4.42. The second-order valence-corrected chi connectivity index (χ2v) is 8.12. The van der Waals surface area contributed by atoms with E-state index in [9.17, 15) is 9.90 Å². The highest BCUT2D eigenvalue weighted by Crippen LogP contribution is 2.44. The maximum atomic E-state index is 13.1. The Kier molecular flexibility index (Phi) is 6.28. The predicted molar refractivity (Wildman–Crippen MR) is 121 cm³/mol. The van der Waals surface area contributed by atoms with Crippen LogP contribution in [0.2, 0.25) is 0 Å². The number of aromatic hydroxyl groups is 1. The molecule has 1 N–H and O–H groups in total. The quantitative estimate of drug-likeness (QED) is 0.668. The number of ether oxygens (including phenoxy) is 4. The molecule has 7 heteroatoms. The van der Waals surface area contributed by atoms with E-state index in [1.165, 1.54) is 20.6 Å². The predicted octanol–water partition coefficient (Wildman–Crippen LogP) is 4.41. The SMILES string of the molecule is COc1ccc(C=C2Oc3c(ccc(O)c3CN3CCCC[C@@H]3C)C2=O)c(OC)c1OC. The van der Waals surface area contributed by atoms with Crippen LogP contribution in [0.15, 0.2) is 30.0 Å². The summed E-state index contributed by atoms with van der Waals surface area (Å²) in [5.74, 6) is 1.91. The van der Waals surface area contributed by atoms with E-state index in [0.717, 1.165) is 19.4 Å². The zero-order valence-corrected chi connectivity index (χ0v) is 18.9. The van der Waals surface area contributed by atoms with Crippen molar-refractivity contribution in [2.45, 2.75) is 38.8 Å². The number of ketones is 1. The standard InChI is InChI=1S/C25H29NO6/c1-15-7-5-6-12-26(15)14-18-19(27)10-9-17-22(28)21(32-24(17)18)13-16-8-11-20(29-2)25(31-4)23(16)30-3/h8-11,13,15,27H,5-7,12,14H2,1-4H3/t15-/m0/s1. The van der Waals surface area contributed by atoms with E-state index in [0.29, 0.717) is 52.3 Å². The molecule has 4 rings (SSSR count). The van der Waals surface area contributed by atoms with Gasteiger partial charge in [-0.15, -0.1) is 0 Å². The van der Waals surface area contributed by atoms with Gasteiger partial charge in [-0.2, -0.15) is 0 Å². The fourth-order valence-electron chi connectivity index (χ4n) is 4.42. The van der Waals surface area contributed by atoms with E-state index in [1.54, 1.807) is 37.5 Å². The molecule has 2 aromatic rings. The zero-order valence-electron chi connectivity index (χ0n) is 18.9. The number of phenolic OH excluding ortho intramolecular Hbond substituents is 1. The average Bonchev–Trinajstić information content (AvgIpc) is 3.11. The van der Waals surface area contributed by atoms with Crippen molar-refractivity contribution in [2.24, 2.45) is 0 Å². The summed E-state index contributed by atoms with van der Waals surface area (Å²) in [5.41, 5.74) is 1.72. The van der Waals surface area contributed by atoms with Crippen molar-refractivity contribution in [1.82, 2.24) is 4.90 Å². The van der Waals surface area contributed by atoms with Crippen molar-refractivity contribution < 1.29 is 28.8 Å². The molecular weight excluding hydrogens is 410 g/mol. The Hall–Kier alpha value is -3.19. The topological polar surface area (TPSA) is 77.5 Å². The van der Waals surface area contributed by atoms with Crippen molar-refractivity contribution >= 4 is 11.9 Å². The number of carbonyl (C=O) groups excluding carboxylic acids is 1. The lowest BCUT2D eigenvalue weighted by atomic mass is 10.0. The molecule has 0 amide bonds. The molecule has 2 aliphatic heterocycles. The van der Waals surface area contributed by atoms with Crippen LogP contribution in [0.3, 0.4) is 0 Å². The lowest BCUT2D eigenvalue weighted by Gasteiger charge is -2.33. The number of rotatable bonds is 6. The van der Waals surface area contributed by atoms with Crippen LogP contribution in [-0.4, -0.2) is 49.7 Å². The summed E-state index contributed by atoms with van der Waals surface area (Å²) in [6, 6.07) is 7.13. The Morgan fingerprint density at radius 3 is 2.56 bits per heavy atom. The first-order valence-corrected chi connectivity index (χ1v) is 10.8. The summed E-state index contributed by atoms with van der Waals surface area (Å²) < 4.78 is 22.3. The number of fused-ring (bicyclic) bond motifs is 1. The minimum absolute atomic E-state index is 0.138. The Balaban J connectivity index is 1.70. The maximum absolute atomic E-state index is 13.1. The average molecular weight is 440 g/mol. The Bertz CT molecular complexity index is 1060. The van der Waals surface area contributed by atoms with Gasteiger partial charge in [0, 0.05) is 18.2 Å². The number of hydrogen-bond acceptors (Lipinski definition) is 7. The largest absolute Gasteiger partial charge is 0.507 e. The smallest absolute Gasteiger partial charge is 0.231 e. The number of carbonyl (C=O) groups is 1. The van der Waals surface area contributed by atoms with E-state index in [-0.39, 0.29) is 17.3 Å². The number of allylic oxidation sites excluding steroid dienone is 1. The van der Waals surface area contributed by atoms with Gasteiger partial charge in [-0.05, 0) is 56.7 Å². The lowest BCUT2D eigenvalue weighted by Crippen LogP contribution is -2.36. The van der Waals surface area contributed by atoms with Crippen LogP contribution in [0.5, 0.6) is 28.7 Å². The van der Waals surface area contributed by atoms with Crippen LogP contribution < -0.4 is 18.9 Å². The van der Waals surface area contributed by atoms with E-state index in [2.05, 4.69) is 11.8 Å². The molecule has 2 heterocycles. The van der Waals surface area contributed by atoms with Crippen LogP contribution in [0.4, 0.5) is 0 Å². The highest BCUT2D eigenvalue weighted by molar-refractivity contribution is 6.15. The summed E-state index contributed by atoms with van der Waals surface area (Å²) in [6.07, 6.45) is 5.10. The molecule has 0 spiro atoms. The van der Waals surface area contributed by atoms with Gasteiger partial charge in [0.05, 0.1) is 32.5 Å². The van der Waals surface area contributed by atoms with Gasteiger partial charge in [-0.3, -0.25) is 9.69 Å². The maximum Gasteiger partial charge on any atom is 0.231 e. The number of benzene rings is 2. The van der Waals surface area contributed by atoms with E-state index in [1.807, 2.05) is 0 Å². The molecule has 0 saturated carbocycles. The molecule has 170 valence electrons. The third kappa shape index (κ3) is 3.88. The minimum atomic E-state index is -0.232. The molecular formula is C25H29NO6. The van der Waals surface area contributed by atoms with Crippen LogP contribution in [0.1, 0.15) is 47.7 Å². The van der Waals surface area contributed by atoms with Gasteiger partial charge in [0.15, 0.2) is 17.3 Å². The highest BCUT2D eigenvalue weighted by Gasteiger charge is 2.33. The monoisotopic (exact) mass is 439 g/mol. The van der Waals surface area contributed by atoms with Crippen LogP contribution in [-0.2, 0) is 6.54 Å². The number of phenols is 1. The zero-order chi connectivity index (χ0) is 22.8. The molecule has 0 bridgehead atoms. The number of nitrogens with zero attached hydrogens (tertiary/aromatic N) is 1. The van der Waals surface area contributed by atoms with Gasteiger partial charge in [-0.25, -0.2) is 0 Å². The van der Waals surface area contributed by atoms with Crippen LogP contribution in [0, 0.1) is 0 Å². The Morgan fingerprint density at radius 1 is 1.09 bits per heavy atom. The van der Waals surface area contributed by atoms with Crippen molar-refractivity contribution in [3.63, 3.8) is 0 Å². The third-order valence-corrected chi connectivity index (χ3v) is 6.24.